The van der Waals surface area contributed by atoms with Crippen molar-refractivity contribution in [1.82, 2.24) is 9.88 Å². The first-order valence-electron chi connectivity index (χ1n) is 6.32. The van der Waals surface area contributed by atoms with Crippen molar-refractivity contribution in [2.75, 3.05) is 6.54 Å². The number of aromatic nitrogens is 1. The molecule has 1 aliphatic rings. The molecule has 1 fully saturated rings. The van der Waals surface area contributed by atoms with Crippen molar-refractivity contribution in [3.8, 4) is 0 Å². The normalized spacial score (nSPS) is 15.1. The molecule has 1 aromatic carbocycles. The van der Waals surface area contributed by atoms with Gasteiger partial charge in [0.1, 0.15) is 5.69 Å². The Bertz CT molecular complexity index is 571. The van der Waals surface area contributed by atoms with Crippen LogP contribution in [0.3, 0.4) is 0 Å². The third-order valence-electron chi connectivity index (χ3n) is 3.34. The van der Waals surface area contributed by atoms with Crippen LogP contribution in [0.15, 0.2) is 30.3 Å². The molecule has 0 aliphatic heterocycles. The summed E-state index contributed by atoms with van der Waals surface area (Å²) in [6, 6.07) is 9.19. The summed E-state index contributed by atoms with van der Waals surface area (Å²) < 4.78 is 25.1. The number of H-pyrrole nitrogens is 1. The van der Waals surface area contributed by atoms with Gasteiger partial charge in [-0.05, 0) is 25.0 Å². The Morgan fingerprint density at radius 3 is 2.74 bits per heavy atom. The summed E-state index contributed by atoms with van der Waals surface area (Å²) in [5.74, 6) is -0.334. The minimum absolute atomic E-state index is 0.0205. The third-order valence-corrected chi connectivity index (χ3v) is 3.34. The molecule has 5 heteroatoms. The van der Waals surface area contributed by atoms with Crippen molar-refractivity contribution in [3.63, 3.8) is 0 Å². The summed E-state index contributed by atoms with van der Waals surface area (Å²) in [6.45, 7) is -0.487. The third kappa shape index (κ3) is 2.45. The summed E-state index contributed by atoms with van der Waals surface area (Å²) in [6.07, 6.45) is -0.855. The first-order valence-corrected chi connectivity index (χ1v) is 6.32. The molecule has 3 rings (SSSR count). The second kappa shape index (κ2) is 4.64. The van der Waals surface area contributed by atoms with Crippen LogP contribution in [0.1, 0.15) is 23.3 Å². The van der Waals surface area contributed by atoms with Crippen LogP contribution in [0, 0.1) is 0 Å². The highest BCUT2D eigenvalue weighted by atomic mass is 19.3. The number of amides is 1. The number of fused-ring (bicyclic) bond motifs is 1. The summed E-state index contributed by atoms with van der Waals surface area (Å²) >= 11 is 0. The smallest absolute Gasteiger partial charge is 0.270 e. The highest BCUT2D eigenvalue weighted by Crippen LogP contribution is 2.29. The van der Waals surface area contributed by atoms with Gasteiger partial charge in [-0.15, -0.1) is 0 Å². The van der Waals surface area contributed by atoms with Crippen LogP contribution in [-0.2, 0) is 0 Å². The summed E-state index contributed by atoms with van der Waals surface area (Å²) in [5, 5.41) is 0.915. The number of carbonyl (C=O) groups is 1. The van der Waals surface area contributed by atoms with Gasteiger partial charge in [-0.1, -0.05) is 18.2 Å². The molecule has 1 amide bonds. The molecule has 0 spiro atoms. The Balaban J connectivity index is 1.88. The average molecular weight is 264 g/mol. The molecule has 0 saturated heterocycles. The molecule has 1 aromatic heterocycles. The highest BCUT2D eigenvalue weighted by Gasteiger charge is 2.35. The number of hydrogen-bond donors (Lipinski definition) is 1. The van der Waals surface area contributed by atoms with Crippen molar-refractivity contribution in [3.05, 3.63) is 36.0 Å². The largest absolute Gasteiger partial charge is 0.351 e. The zero-order chi connectivity index (χ0) is 13.4. The number of hydrogen-bond acceptors (Lipinski definition) is 1. The van der Waals surface area contributed by atoms with Crippen molar-refractivity contribution >= 4 is 16.8 Å². The van der Waals surface area contributed by atoms with Crippen LogP contribution in [-0.4, -0.2) is 34.8 Å². The number of halogens is 2. The van der Waals surface area contributed by atoms with Crippen LogP contribution in [0.25, 0.3) is 10.9 Å². The van der Waals surface area contributed by atoms with Gasteiger partial charge in [0.2, 0.25) is 0 Å². The Kier molecular flexibility index (Phi) is 2.97. The molecular formula is C14H14F2N2O. The maximum Gasteiger partial charge on any atom is 0.270 e. The van der Waals surface area contributed by atoms with Gasteiger partial charge in [0.05, 0.1) is 6.54 Å². The second-order valence-corrected chi connectivity index (χ2v) is 4.85. The van der Waals surface area contributed by atoms with Crippen molar-refractivity contribution < 1.29 is 13.6 Å². The van der Waals surface area contributed by atoms with Gasteiger partial charge in [-0.3, -0.25) is 4.79 Å². The number of nitrogens with zero attached hydrogens (tertiary/aromatic N) is 1. The fourth-order valence-corrected chi connectivity index (χ4v) is 2.28. The number of aromatic amines is 1. The quantitative estimate of drug-likeness (QED) is 0.905. The monoisotopic (exact) mass is 264 g/mol. The lowest BCUT2D eigenvalue weighted by atomic mass is 10.2. The number of nitrogens with one attached hydrogen (secondary N) is 1. The van der Waals surface area contributed by atoms with Gasteiger partial charge in [-0.25, -0.2) is 8.78 Å². The van der Waals surface area contributed by atoms with Crippen LogP contribution in [0.4, 0.5) is 8.78 Å². The van der Waals surface area contributed by atoms with Gasteiger partial charge in [0.15, 0.2) is 0 Å². The van der Waals surface area contributed by atoms with Crippen LogP contribution in [0.5, 0.6) is 0 Å². The van der Waals surface area contributed by atoms with Crippen LogP contribution >= 0.6 is 0 Å². The van der Waals surface area contributed by atoms with E-state index < -0.39 is 13.0 Å². The number of rotatable bonds is 4. The van der Waals surface area contributed by atoms with E-state index in [0.717, 1.165) is 23.7 Å². The molecular weight excluding hydrogens is 250 g/mol. The van der Waals surface area contributed by atoms with Crippen LogP contribution in [0.2, 0.25) is 0 Å². The zero-order valence-corrected chi connectivity index (χ0v) is 10.3. The molecule has 19 heavy (non-hydrogen) atoms. The van der Waals surface area contributed by atoms with E-state index >= 15 is 0 Å². The first-order chi connectivity index (χ1) is 9.15. The van der Waals surface area contributed by atoms with Crippen LogP contribution < -0.4 is 0 Å². The minimum Gasteiger partial charge on any atom is -0.351 e. The predicted octanol–water partition coefficient (Wildman–Crippen LogP) is 3.04. The average Bonchev–Trinajstić information content (AvgIpc) is 3.13. The lowest BCUT2D eigenvalue weighted by molar-refractivity contribution is 0.0530. The Hall–Kier alpha value is -1.91. The van der Waals surface area contributed by atoms with Gasteiger partial charge in [0.25, 0.3) is 12.3 Å². The molecule has 1 heterocycles. The van der Waals surface area contributed by atoms with Gasteiger partial charge < -0.3 is 9.88 Å². The van der Waals surface area contributed by atoms with E-state index in [1.807, 2.05) is 24.3 Å². The molecule has 0 bridgehead atoms. The standard InChI is InChI=1S/C14H14F2N2O/c15-13(16)8-18(10-5-6-10)14(19)12-7-9-3-1-2-4-11(9)17-12/h1-4,7,10,13,17H,5-6,8H2. The SMILES string of the molecule is O=C(c1cc2ccccc2[nH]1)N(CC(F)F)C1CC1. The molecule has 3 nitrogen and oxygen atoms in total. The van der Waals surface area contributed by atoms with E-state index in [4.69, 9.17) is 0 Å². The minimum atomic E-state index is -2.49. The Morgan fingerprint density at radius 1 is 1.37 bits per heavy atom. The van der Waals surface area contributed by atoms with Gasteiger partial charge >= 0.3 is 0 Å². The van der Waals surface area contributed by atoms with E-state index in [-0.39, 0.29) is 11.9 Å². The van der Waals surface area contributed by atoms with E-state index in [9.17, 15) is 13.6 Å². The molecule has 1 saturated carbocycles. The first kappa shape index (κ1) is 12.1. The maximum absolute atomic E-state index is 12.5. The van der Waals surface area contributed by atoms with E-state index in [2.05, 4.69) is 4.98 Å². The lowest BCUT2D eigenvalue weighted by Gasteiger charge is -2.21. The van der Waals surface area contributed by atoms with Crippen molar-refractivity contribution in [1.29, 1.82) is 0 Å². The highest BCUT2D eigenvalue weighted by molar-refractivity contribution is 5.98. The number of para-hydroxylation sites is 1. The fraction of sp³-hybridized carbons (Fsp3) is 0.357. The van der Waals surface area contributed by atoms with Gasteiger partial charge in [0, 0.05) is 16.9 Å². The maximum atomic E-state index is 12.5. The molecule has 1 aliphatic carbocycles. The summed E-state index contributed by atoms with van der Waals surface area (Å²) in [7, 11) is 0. The second-order valence-electron chi connectivity index (χ2n) is 4.85. The number of benzene rings is 1. The Morgan fingerprint density at radius 2 is 2.11 bits per heavy atom. The zero-order valence-electron chi connectivity index (χ0n) is 10.3. The molecule has 2 aromatic rings. The number of carbonyl (C=O) groups excluding carboxylic acids is 1. The number of alkyl halides is 2. The van der Waals surface area contributed by atoms with E-state index in [1.54, 1.807) is 6.07 Å². The molecule has 0 atom stereocenters. The lowest BCUT2D eigenvalue weighted by Crippen LogP contribution is -2.37. The van der Waals surface area contributed by atoms with E-state index in [0.29, 0.717) is 5.69 Å². The van der Waals surface area contributed by atoms with Crippen molar-refractivity contribution in [2.24, 2.45) is 0 Å². The van der Waals surface area contributed by atoms with Gasteiger partial charge in [-0.2, -0.15) is 0 Å². The molecule has 1 N–H and O–H groups in total. The van der Waals surface area contributed by atoms with Crippen molar-refractivity contribution in [2.45, 2.75) is 25.3 Å². The predicted molar refractivity (Wildman–Crippen MR) is 68.4 cm³/mol. The summed E-state index contributed by atoms with van der Waals surface area (Å²) in [5.41, 5.74) is 1.23. The molecule has 100 valence electrons. The molecule has 0 unspecified atom stereocenters. The fourth-order valence-electron chi connectivity index (χ4n) is 2.28. The summed E-state index contributed by atoms with van der Waals surface area (Å²) in [4.78, 5) is 16.6. The van der Waals surface area contributed by atoms with E-state index in [1.165, 1.54) is 4.90 Å². The molecule has 0 radical (unpaired) electrons. The Labute approximate surface area is 109 Å². The topological polar surface area (TPSA) is 36.1 Å².